The highest BCUT2D eigenvalue weighted by Gasteiger charge is 2.56. The van der Waals surface area contributed by atoms with Crippen LogP contribution >= 0.6 is 23.2 Å². The number of nitrogens with one attached hydrogen (secondary N) is 1. The minimum Gasteiger partial charge on any atom is -0.311 e. The molecule has 0 unspecified atom stereocenters. The Morgan fingerprint density at radius 3 is 2.86 bits per heavy atom. The van der Waals surface area contributed by atoms with Crippen molar-refractivity contribution in [3.05, 3.63) is 52.1 Å². The van der Waals surface area contributed by atoms with Crippen molar-refractivity contribution in [1.82, 2.24) is 4.98 Å². The molecule has 2 fully saturated rings. The van der Waals surface area contributed by atoms with Crippen LogP contribution in [0.25, 0.3) is 0 Å². The molecule has 8 heteroatoms. The molecule has 1 saturated carbocycles. The Hall–Kier alpha value is -2.62. The van der Waals surface area contributed by atoms with E-state index in [-0.39, 0.29) is 24.2 Å². The molecule has 6 nitrogen and oxygen atoms in total. The van der Waals surface area contributed by atoms with Gasteiger partial charge in [0.15, 0.2) is 0 Å². The average molecular weight is 429 g/mol. The van der Waals surface area contributed by atoms with Gasteiger partial charge >= 0.3 is 0 Å². The van der Waals surface area contributed by atoms with E-state index in [0.717, 1.165) is 12.8 Å². The smallest absolute Gasteiger partial charge is 0.247 e. The van der Waals surface area contributed by atoms with Gasteiger partial charge < -0.3 is 10.2 Å². The summed E-state index contributed by atoms with van der Waals surface area (Å²) >= 11 is 12.1. The normalized spacial score (nSPS) is 21.1. The molecule has 1 aliphatic carbocycles. The maximum Gasteiger partial charge on any atom is 0.247 e. The van der Waals surface area contributed by atoms with Gasteiger partial charge in [0.05, 0.1) is 22.5 Å². The zero-order valence-electron chi connectivity index (χ0n) is 15.5. The van der Waals surface area contributed by atoms with Gasteiger partial charge in [-0.05, 0) is 42.9 Å². The summed E-state index contributed by atoms with van der Waals surface area (Å²) in [5.41, 5.74) is 0.334. The van der Waals surface area contributed by atoms with Crippen molar-refractivity contribution in [2.75, 3.05) is 16.8 Å². The number of rotatable bonds is 5. The molecule has 0 bridgehead atoms. The molecule has 1 saturated heterocycles. The van der Waals surface area contributed by atoms with Crippen molar-refractivity contribution in [3.8, 4) is 6.07 Å². The molecular formula is C21H18Cl2N4O2. The highest BCUT2D eigenvalue weighted by Crippen LogP contribution is 2.51. The number of carbonyl (C=O) groups is 2. The minimum absolute atomic E-state index is 0.0488. The molecule has 2 amide bonds. The van der Waals surface area contributed by atoms with Crippen LogP contribution in [0.2, 0.25) is 10.0 Å². The molecule has 1 atom stereocenters. The molecule has 2 heterocycles. The zero-order chi connectivity index (χ0) is 20.6. The molecule has 1 aromatic heterocycles. The molecule has 1 N–H and O–H groups in total. The van der Waals surface area contributed by atoms with Crippen LogP contribution in [0.15, 0.2) is 36.5 Å². The first-order chi connectivity index (χ1) is 13.9. The highest BCUT2D eigenvalue weighted by atomic mass is 35.5. The molecule has 2 aromatic rings. The maximum absolute atomic E-state index is 13.0. The van der Waals surface area contributed by atoms with Crippen molar-refractivity contribution in [1.29, 1.82) is 5.26 Å². The van der Waals surface area contributed by atoms with E-state index in [1.165, 1.54) is 6.20 Å². The Bertz CT molecular complexity index is 1030. The van der Waals surface area contributed by atoms with E-state index in [2.05, 4.69) is 16.4 Å². The number of pyridine rings is 1. The Labute approximate surface area is 178 Å². The number of halogens is 2. The Balaban J connectivity index is 1.48. The van der Waals surface area contributed by atoms with Crippen molar-refractivity contribution in [3.63, 3.8) is 0 Å². The van der Waals surface area contributed by atoms with Crippen LogP contribution in [0.4, 0.5) is 11.5 Å². The molecule has 29 heavy (non-hydrogen) atoms. The first-order valence-corrected chi connectivity index (χ1v) is 10.1. The summed E-state index contributed by atoms with van der Waals surface area (Å²) in [6.45, 7) is 0.485. The molecular weight excluding hydrogens is 411 g/mol. The van der Waals surface area contributed by atoms with Gasteiger partial charge in [0.25, 0.3) is 0 Å². The first kappa shape index (κ1) is 19.7. The van der Waals surface area contributed by atoms with Crippen molar-refractivity contribution < 1.29 is 9.59 Å². The van der Waals surface area contributed by atoms with E-state index in [1.807, 2.05) is 0 Å². The number of benzene rings is 1. The topological polar surface area (TPSA) is 86.1 Å². The Morgan fingerprint density at radius 2 is 2.14 bits per heavy atom. The number of amides is 2. The summed E-state index contributed by atoms with van der Waals surface area (Å²) in [4.78, 5) is 31.2. The summed E-state index contributed by atoms with van der Waals surface area (Å²) in [6.07, 6.45) is 3.97. The molecule has 1 aromatic carbocycles. The summed E-state index contributed by atoms with van der Waals surface area (Å²) in [5.74, 6) is 0.0420. The molecule has 2 aliphatic rings. The summed E-state index contributed by atoms with van der Waals surface area (Å²) in [6, 6.07) is 10.8. The fourth-order valence-corrected chi connectivity index (χ4v) is 4.22. The number of aromatic nitrogens is 1. The van der Waals surface area contributed by atoms with Crippen LogP contribution < -0.4 is 10.2 Å². The largest absolute Gasteiger partial charge is 0.311 e. The lowest BCUT2D eigenvalue weighted by atomic mass is 9.83. The van der Waals surface area contributed by atoms with E-state index in [1.54, 1.807) is 35.2 Å². The van der Waals surface area contributed by atoms with Gasteiger partial charge in [-0.15, -0.1) is 0 Å². The second-order valence-electron chi connectivity index (χ2n) is 7.40. The predicted molar refractivity (Wildman–Crippen MR) is 111 cm³/mol. The Kier molecular flexibility index (Phi) is 5.20. The second kappa shape index (κ2) is 7.66. The van der Waals surface area contributed by atoms with Gasteiger partial charge in [-0.3, -0.25) is 9.59 Å². The lowest BCUT2D eigenvalue weighted by Crippen LogP contribution is -2.35. The van der Waals surface area contributed by atoms with Crippen LogP contribution in [0.3, 0.4) is 0 Å². The van der Waals surface area contributed by atoms with Crippen LogP contribution in [-0.4, -0.2) is 23.3 Å². The standard InChI is InChI=1S/C21H18Cl2N4O2/c22-16-3-1-2-13(19(16)23)10-18(28)26-17-11-15(6-8-25-17)27-9-7-21(12-24,20(27)29)14-4-5-14/h1-3,6,8,11,14H,4-5,7,9-10H2,(H,25,26,28)/t21-/m1/s1. The van der Waals surface area contributed by atoms with Crippen LogP contribution in [0.5, 0.6) is 0 Å². The molecule has 0 spiro atoms. The van der Waals surface area contributed by atoms with Gasteiger partial charge in [0.1, 0.15) is 11.2 Å². The minimum atomic E-state index is -0.907. The van der Waals surface area contributed by atoms with Crippen molar-refractivity contribution >= 4 is 46.5 Å². The average Bonchev–Trinajstić information content (AvgIpc) is 3.50. The lowest BCUT2D eigenvalue weighted by molar-refractivity contribution is -0.123. The van der Waals surface area contributed by atoms with E-state index in [9.17, 15) is 14.9 Å². The number of nitriles is 1. The number of hydrogen-bond acceptors (Lipinski definition) is 4. The van der Waals surface area contributed by atoms with Gasteiger partial charge in [0.2, 0.25) is 11.8 Å². The molecule has 1 aliphatic heterocycles. The SMILES string of the molecule is N#C[C@@]1(C2CC2)CCN(c2ccnc(NC(=O)Cc3cccc(Cl)c3Cl)c2)C1=O. The van der Waals surface area contributed by atoms with Gasteiger partial charge in [-0.2, -0.15) is 5.26 Å². The quantitative estimate of drug-likeness (QED) is 0.771. The lowest BCUT2D eigenvalue weighted by Gasteiger charge is -2.21. The molecule has 0 radical (unpaired) electrons. The van der Waals surface area contributed by atoms with Gasteiger partial charge in [-0.25, -0.2) is 4.98 Å². The highest BCUT2D eigenvalue weighted by molar-refractivity contribution is 6.42. The van der Waals surface area contributed by atoms with Crippen LogP contribution in [-0.2, 0) is 16.0 Å². The van der Waals surface area contributed by atoms with E-state index in [4.69, 9.17) is 23.2 Å². The van der Waals surface area contributed by atoms with Gasteiger partial charge in [-0.1, -0.05) is 35.3 Å². The number of nitrogens with zero attached hydrogens (tertiary/aromatic N) is 3. The third-order valence-electron chi connectivity index (χ3n) is 5.54. The third-order valence-corrected chi connectivity index (χ3v) is 6.39. The molecule has 4 rings (SSSR count). The summed E-state index contributed by atoms with van der Waals surface area (Å²) in [5, 5.41) is 13.1. The molecule has 148 valence electrons. The maximum atomic E-state index is 13.0. The first-order valence-electron chi connectivity index (χ1n) is 9.36. The Morgan fingerprint density at radius 1 is 1.34 bits per heavy atom. The summed E-state index contributed by atoms with van der Waals surface area (Å²) in [7, 11) is 0. The van der Waals surface area contributed by atoms with Crippen molar-refractivity contribution in [2.24, 2.45) is 11.3 Å². The van der Waals surface area contributed by atoms with E-state index in [0.29, 0.717) is 40.1 Å². The summed E-state index contributed by atoms with van der Waals surface area (Å²) < 4.78 is 0. The monoisotopic (exact) mass is 428 g/mol. The number of anilines is 2. The number of hydrogen-bond donors (Lipinski definition) is 1. The van der Waals surface area contributed by atoms with Gasteiger partial charge in [0, 0.05) is 24.5 Å². The fourth-order valence-electron chi connectivity index (χ4n) is 3.83. The third kappa shape index (κ3) is 3.68. The van der Waals surface area contributed by atoms with Crippen molar-refractivity contribution in [2.45, 2.75) is 25.7 Å². The second-order valence-corrected chi connectivity index (χ2v) is 8.19. The van der Waals surface area contributed by atoms with Crippen LogP contribution in [0.1, 0.15) is 24.8 Å². The van der Waals surface area contributed by atoms with E-state index >= 15 is 0 Å². The predicted octanol–water partition coefficient (Wildman–Crippen LogP) is 4.23. The van der Waals surface area contributed by atoms with Crippen LogP contribution in [0, 0.1) is 22.7 Å². The fraction of sp³-hybridized carbons (Fsp3) is 0.333. The zero-order valence-corrected chi connectivity index (χ0v) is 17.0. The number of carbonyl (C=O) groups excluding carboxylic acids is 2. The van der Waals surface area contributed by atoms with E-state index < -0.39 is 5.41 Å².